The molecule has 4 nitrogen and oxygen atoms in total. The number of ketones is 1. The van der Waals surface area contributed by atoms with E-state index in [1.807, 2.05) is 20.8 Å². The van der Waals surface area contributed by atoms with Gasteiger partial charge >= 0.3 is 0 Å². The molecule has 2 aromatic carbocycles. The molecule has 0 bridgehead atoms. The summed E-state index contributed by atoms with van der Waals surface area (Å²) in [7, 11) is 0. The minimum Gasteiger partial charge on any atom is -0.484 e. The van der Waals surface area contributed by atoms with Gasteiger partial charge in [0.15, 0.2) is 12.4 Å². The van der Waals surface area contributed by atoms with E-state index in [-0.39, 0.29) is 18.3 Å². The van der Waals surface area contributed by atoms with Gasteiger partial charge in [-0.15, -0.1) is 0 Å². The van der Waals surface area contributed by atoms with Gasteiger partial charge in [-0.2, -0.15) is 0 Å². The zero-order valence-electron chi connectivity index (χ0n) is 14.2. The van der Waals surface area contributed by atoms with Crippen molar-refractivity contribution < 1.29 is 14.3 Å². The Morgan fingerprint density at radius 2 is 1.68 bits per heavy atom. The first-order valence-corrected chi connectivity index (χ1v) is 8.45. The summed E-state index contributed by atoms with van der Waals surface area (Å²) in [6.07, 6.45) is 0. The SMILES string of the molecule is CC(C)(C)C(=O)Nc1ccc(C(=O)COc2ccc(Cl)cc2Cl)cc1. The van der Waals surface area contributed by atoms with Crippen LogP contribution in [0.5, 0.6) is 5.75 Å². The summed E-state index contributed by atoms with van der Waals surface area (Å²) in [6, 6.07) is 11.5. The zero-order chi connectivity index (χ0) is 18.6. The molecule has 132 valence electrons. The molecule has 0 atom stereocenters. The Balaban J connectivity index is 1.97. The third kappa shape index (κ3) is 5.48. The summed E-state index contributed by atoms with van der Waals surface area (Å²) < 4.78 is 5.44. The fourth-order valence-electron chi connectivity index (χ4n) is 1.88. The highest BCUT2D eigenvalue weighted by atomic mass is 35.5. The minimum atomic E-state index is -0.486. The van der Waals surface area contributed by atoms with Gasteiger partial charge in [0, 0.05) is 21.7 Å². The molecule has 25 heavy (non-hydrogen) atoms. The zero-order valence-corrected chi connectivity index (χ0v) is 15.7. The first-order valence-electron chi connectivity index (χ1n) is 7.69. The van der Waals surface area contributed by atoms with Crippen LogP contribution in [0.4, 0.5) is 5.69 Å². The standard InChI is InChI=1S/C19H19Cl2NO3/c1-19(2,3)18(24)22-14-7-4-12(5-8-14)16(23)11-25-17-9-6-13(20)10-15(17)21/h4-10H,11H2,1-3H3,(H,22,24). The number of amides is 1. The van der Waals surface area contributed by atoms with Gasteiger partial charge < -0.3 is 10.1 Å². The van der Waals surface area contributed by atoms with Crippen molar-refractivity contribution in [1.82, 2.24) is 0 Å². The third-order valence-corrected chi connectivity index (χ3v) is 3.93. The molecule has 0 aliphatic heterocycles. The van der Waals surface area contributed by atoms with Crippen LogP contribution in [-0.2, 0) is 4.79 Å². The maximum atomic E-state index is 12.2. The van der Waals surface area contributed by atoms with E-state index in [0.29, 0.717) is 27.0 Å². The van der Waals surface area contributed by atoms with Crippen LogP contribution in [0, 0.1) is 5.41 Å². The number of anilines is 1. The molecule has 0 aromatic heterocycles. The van der Waals surface area contributed by atoms with E-state index in [1.165, 1.54) is 0 Å². The lowest BCUT2D eigenvalue weighted by Crippen LogP contribution is -2.27. The summed E-state index contributed by atoms with van der Waals surface area (Å²) in [4.78, 5) is 24.2. The van der Waals surface area contributed by atoms with Crippen LogP contribution in [0.15, 0.2) is 42.5 Å². The monoisotopic (exact) mass is 379 g/mol. The van der Waals surface area contributed by atoms with Crippen molar-refractivity contribution in [3.63, 3.8) is 0 Å². The molecule has 0 aliphatic carbocycles. The molecular weight excluding hydrogens is 361 g/mol. The first-order chi connectivity index (χ1) is 11.7. The molecule has 0 aliphatic rings. The molecule has 0 saturated carbocycles. The molecule has 0 spiro atoms. The van der Waals surface area contributed by atoms with Crippen LogP contribution in [0.2, 0.25) is 10.0 Å². The van der Waals surface area contributed by atoms with Crippen molar-refractivity contribution in [2.75, 3.05) is 11.9 Å². The average molecular weight is 380 g/mol. The van der Waals surface area contributed by atoms with E-state index in [9.17, 15) is 9.59 Å². The smallest absolute Gasteiger partial charge is 0.229 e. The van der Waals surface area contributed by atoms with Gasteiger partial charge in [-0.3, -0.25) is 9.59 Å². The Hall–Kier alpha value is -2.04. The summed E-state index contributed by atoms with van der Waals surface area (Å²) in [5.74, 6) is 0.112. The van der Waals surface area contributed by atoms with Gasteiger partial charge in [0.1, 0.15) is 5.75 Å². The van der Waals surface area contributed by atoms with Crippen LogP contribution >= 0.6 is 23.2 Å². The molecule has 0 saturated heterocycles. The van der Waals surface area contributed by atoms with Gasteiger partial charge in [-0.05, 0) is 42.5 Å². The first kappa shape index (κ1) is 19.3. The van der Waals surface area contributed by atoms with Crippen molar-refractivity contribution in [3.05, 3.63) is 58.1 Å². The van der Waals surface area contributed by atoms with Crippen molar-refractivity contribution >= 4 is 40.6 Å². The van der Waals surface area contributed by atoms with Gasteiger partial charge in [0.05, 0.1) is 5.02 Å². The van der Waals surface area contributed by atoms with Gasteiger partial charge in [0.25, 0.3) is 0 Å². The number of Topliss-reactive ketones (excluding diaryl/α,β-unsaturated/α-hetero) is 1. The average Bonchev–Trinajstić information content (AvgIpc) is 2.53. The molecule has 1 N–H and O–H groups in total. The van der Waals surface area contributed by atoms with Crippen LogP contribution in [0.3, 0.4) is 0 Å². The van der Waals surface area contributed by atoms with Crippen LogP contribution in [0.25, 0.3) is 0 Å². The second-order valence-electron chi connectivity index (χ2n) is 6.57. The largest absolute Gasteiger partial charge is 0.484 e. The Morgan fingerprint density at radius 1 is 1.04 bits per heavy atom. The molecule has 2 aromatic rings. The van der Waals surface area contributed by atoms with Crippen LogP contribution in [0.1, 0.15) is 31.1 Å². The molecule has 1 amide bonds. The molecule has 0 fully saturated rings. The second kappa shape index (κ2) is 7.89. The summed E-state index contributed by atoms with van der Waals surface area (Å²) >= 11 is 11.8. The number of rotatable bonds is 5. The van der Waals surface area contributed by atoms with Gasteiger partial charge in [-0.25, -0.2) is 0 Å². The molecular formula is C19H19Cl2NO3. The quantitative estimate of drug-likeness (QED) is 0.722. The van der Waals surface area contributed by atoms with Crippen LogP contribution in [-0.4, -0.2) is 18.3 Å². The number of carbonyl (C=O) groups excluding carboxylic acids is 2. The fourth-order valence-corrected chi connectivity index (χ4v) is 2.34. The van der Waals surface area contributed by atoms with Gasteiger partial charge in [-0.1, -0.05) is 44.0 Å². The number of hydrogen-bond donors (Lipinski definition) is 1. The normalized spacial score (nSPS) is 11.1. The highest BCUT2D eigenvalue weighted by Gasteiger charge is 2.21. The second-order valence-corrected chi connectivity index (χ2v) is 7.41. The van der Waals surface area contributed by atoms with Gasteiger partial charge in [0.2, 0.25) is 5.91 Å². The van der Waals surface area contributed by atoms with Crippen molar-refractivity contribution in [1.29, 1.82) is 0 Å². The Morgan fingerprint density at radius 3 is 2.24 bits per heavy atom. The Kier molecular flexibility index (Phi) is 6.09. The number of hydrogen-bond acceptors (Lipinski definition) is 3. The summed E-state index contributed by atoms with van der Waals surface area (Å²) in [5.41, 5.74) is 0.636. The molecule has 0 radical (unpaired) electrons. The molecule has 2 rings (SSSR count). The van der Waals surface area contributed by atoms with E-state index in [4.69, 9.17) is 27.9 Å². The van der Waals surface area contributed by atoms with Crippen molar-refractivity contribution in [3.8, 4) is 5.75 Å². The lowest BCUT2D eigenvalue weighted by Gasteiger charge is -2.17. The number of nitrogens with one attached hydrogen (secondary N) is 1. The van der Waals surface area contributed by atoms with E-state index in [2.05, 4.69) is 5.32 Å². The number of halogens is 2. The summed E-state index contributed by atoms with van der Waals surface area (Å²) in [6.45, 7) is 5.35. The van der Waals surface area contributed by atoms with E-state index in [0.717, 1.165) is 0 Å². The lowest BCUT2D eigenvalue weighted by atomic mass is 9.95. The van der Waals surface area contributed by atoms with Crippen LogP contribution < -0.4 is 10.1 Å². The lowest BCUT2D eigenvalue weighted by molar-refractivity contribution is -0.123. The highest BCUT2D eigenvalue weighted by Crippen LogP contribution is 2.27. The predicted molar refractivity (Wildman–Crippen MR) is 101 cm³/mol. The molecule has 0 unspecified atom stereocenters. The number of benzene rings is 2. The molecule has 0 heterocycles. The van der Waals surface area contributed by atoms with E-state index in [1.54, 1.807) is 42.5 Å². The van der Waals surface area contributed by atoms with Crippen molar-refractivity contribution in [2.24, 2.45) is 5.41 Å². The fraction of sp³-hybridized carbons (Fsp3) is 0.263. The Bertz CT molecular complexity index is 780. The topological polar surface area (TPSA) is 55.4 Å². The van der Waals surface area contributed by atoms with E-state index >= 15 is 0 Å². The number of carbonyl (C=O) groups is 2. The predicted octanol–water partition coefficient (Wildman–Crippen LogP) is 5.24. The maximum Gasteiger partial charge on any atom is 0.229 e. The number of ether oxygens (including phenoxy) is 1. The summed E-state index contributed by atoms with van der Waals surface area (Å²) in [5, 5.41) is 3.65. The van der Waals surface area contributed by atoms with E-state index < -0.39 is 5.41 Å². The third-order valence-electron chi connectivity index (χ3n) is 3.40. The van der Waals surface area contributed by atoms with Crippen molar-refractivity contribution in [2.45, 2.75) is 20.8 Å². The maximum absolute atomic E-state index is 12.2. The highest BCUT2D eigenvalue weighted by molar-refractivity contribution is 6.35. The Labute approximate surface area is 157 Å². The minimum absolute atomic E-state index is 0.0905. The molecule has 6 heteroatoms.